The second-order valence-electron chi connectivity index (χ2n) is 3.41. The Morgan fingerprint density at radius 1 is 1.47 bits per heavy atom. The van der Waals surface area contributed by atoms with Crippen LogP contribution in [0.25, 0.3) is 0 Å². The van der Waals surface area contributed by atoms with Gasteiger partial charge in [-0.1, -0.05) is 0 Å². The van der Waals surface area contributed by atoms with Crippen molar-refractivity contribution in [2.75, 3.05) is 6.54 Å². The Morgan fingerprint density at radius 3 is 3.07 bits per heavy atom. The minimum Gasteiger partial charge on any atom is -0.349 e. The van der Waals surface area contributed by atoms with E-state index in [2.05, 4.69) is 20.4 Å². The molecule has 0 atom stereocenters. The number of aromatic nitrogens is 4. The molecule has 5 heteroatoms. The van der Waals surface area contributed by atoms with Gasteiger partial charge in [0, 0.05) is 45.1 Å². The van der Waals surface area contributed by atoms with Crippen LogP contribution in [0.3, 0.4) is 0 Å². The third kappa shape index (κ3) is 2.66. The van der Waals surface area contributed by atoms with Crippen LogP contribution in [0, 0.1) is 0 Å². The third-order valence-electron chi connectivity index (χ3n) is 2.32. The number of nitrogens with zero attached hydrogens (tertiary/aromatic N) is 3. The lowest BCUT2D eigenvalue weighted by Crippen LogP contribution is -2.18. The molecule has 0 saturated carbocycles. The molecule has 0 aliphatic carbocycles. The second-order valence-corrected chi connectivity index (χ2v) is 3.41. The molecule has 2 N–H and O–H groups in total. The zero-order valence-electron chi connectivity index (χ0n) is 8.77. The standard InChI is InChI=1S/C10H15N5/c1-15-9(2-5-14-15)8-11-4-3-10-12-6-7-13-10/h2,5-7,11H,3-4,8H2,1H3,(H,12,13). The van der Waals surface area contributed by atoms with E-state index in [-0.39, 0.29) is 0 Å². The van der Waals surface area contributed by atoms with Crippen molar-refractivity contribution in [2.45, 2.75) is 13.0 Å². The summed E-state index contributed by atoms with van der Waals surface area (Å²) in [5.41, 5.74) is 1.19. The fraction of sp³-hybridized carbons (Fsp3) is 0.400. The van der Waals surface area contributed by atoms with Crippen molar-refractivity contribution in [3.05, 3.63) is 36.2 Å². The normalized spacial score (nSPS) is 10.7. The highest BCUT2D eigenvalue weighted by molar-refractivity contribution is 4.99. The predicted octanol–water partition coefficient (Wildman–Crippen LogP) is 0.475. The summed E-state index contributed by atoms with van der Waals surface area (Å²) < 4.78 is 1.87. The van der Waals surface area contributed by atoms with Gasteiger partial charge >= 0.3 is 0 Å². The Hall–Kier alpha value is -1.62. The highest BCUT2D eigenvalue weighted by Crippen LogP contribution is 1.95. The highest BCUT2D eigenvalue weighted by Gasteiger charge is 1.98. The van der Waals surface area contributed by atoms with Gasteiger partial charge in [-0.2, -0.15) is 5.10 Å². The number of imidazole rings is 1. The number of aromatic amines is 1. The molecule has 0 spiro atoms. The van der Waals surface area contributed by atoms with Crippen LogP contribution in [0.2, 0.25) is 0 Å². The maximum Gasteiger partial charge on any atom is 0.107 e. The van der Waals surface area contributed by atoms with E-state index in [0.717, 1.165) is 25.3 Å². The molecule has 80 valence electrons. The Bertz CT molecular complexity index is 390. The average molecular weight is 205 g/mol. The van der Waals surface area contributed by atoms with E-state index in [9.17, 15) is 0 Å². The van der Waals surface area contributed by atoms with Crippen LogP contribution < -0.4 is 5.32 Å². The van der Waals surface area contributed by atoms with Gasteiger partial charge in [-0.05, 0) is 6.07 Å². The first-order valence-electron chi connectivity index (χ1n) is 5.02. The first-order chi connectivity index (χ1) is 7.36. The van der Waals surface area contributed by atoms with E-state index in [1.54, 1.807) is 6.20 Å². The van der Waals surface area contributed by atoms with Crippen LogP contribution in [-0.2, 0) is 20.0 Å². The summed E-state index contributed by atoms with van der Waals surface area (Å²) in [7, 11) is 1.95. The maximum atomic E-state index is 4.16. The molecule has 2 aromatic rings. The van der Waals surface area contributed by atoms with Crippen LogP contribution in [-0.4, -0.2) is 26.3 Å². The van der Waals surface area contributed by atoms with Crippen molar-refractivity contribution in [2.24, 2.45) is 7.05 Å². The molecular weight excluding hydrogens is 190 g/mol. The lowest BCUT2D eigenvalue weighted by Gasteiger charge is -2.03. The highest BCUT2D eigenvalue weighted by atomic mass is 15.3. The van der Waals surface area contributed by atoms with Crippen LogP contribution in [0.15, 0.2) is 24.7 Å². The van der Waals surface area contributed by atoms with Crippen LogP contribution in [0.4, 0.5) is 0 Å². The Balaban J connectivity index is 1.70. The van der Waals surface area contributed by atoms with Crippen molar-refractivity contribution < 1.29 is 0 Å². The summed E-state index contributed by atoms with van der Waals surface area (Å²) in [6, 6.07) is 2.01. The summed E-state index contributed by atoms with van der Waals surface area (Å²) in [4.78, 5) is 7.23. The molecule has 0 unspecified atom stereocenters. The molecule has 5 nitrogen and oxygen atoms in total. The zero-order valence-corrected chi connectivity index (χ0v) is 8.77. The molecule has 0 bridgehead atoms. The van der Waals surface area contributed by atoms with Gasteiger partial charge in [0.15, 0.2) is 0 Å². The predicted molar refractivity (Wildman–Crippen MR) is 57.2 cm³/mol. The smallest absolute Gasteiger partial charge is 0.107 e. The first-order valence-corrected chi connectivity index (χ1v) is 5.02. The van der Waals surface area contributed by atoms with Gasteiger partial charge in [-0.15, -0.1) is 0 Å². The zero-order chi connectivity index (χ0) is 10.5. The quantitative estimate of drug-likeness (QED) is 0.698. The van der Waals surface area contributed by atoms with Gasteiger partial charge < -0.3 is 10.3 Å². The number of rotatable bonds is 5. The summed E-state index contributed by atoms with van der Waals surface area (Å²) in [6.45, 7) is 1.76. The van der Waals surface area contributed by atoms with E-state index >= 15 is 0 Å². The summed E-state index contributed by atoms with van der Waals surface area (Å²) >= 11 is 0. The van der Waals surface area contributed by atoms with E-state index < -0.39 is 0 Å². The van der Waals surface area contributed by atoms with E-state index in [1.807, 2.05) is 30.2 Å². The van der Waals surface area contributed by atoms with Crippen molar-refractivity contribution >= 4 is 0 Å². The minimum absolute atomic E-state index is 0.844. The lowest BCUT2D eigenvalue weighted by atomic mass is 10.3. The van der Waals surface area contributed by atoms with Crippen LogP contribution >= 0.6 is 0 Å². The molecule has 0 radical (unpaired) electrons. The van der Waals surface area contributed by atoms with Gasteiger partial charge in [0.1, 0.15) is 5.82 Å². The number of H-pyrrole nitrogens is 1. The minimum atomic E-state index is 0.844. The van der Waals surface area contributed by atoms with Crippen molar-refractivity contribution in [1.29, 1.82) is 0 Å². The lowest BCUT2D eigenvalue weighted by molar-refractivity contribution is 0.620. The SMILES string of the molecule is Cn1nccc1CNCCc1ncc[nH]1. The van der Waals surface area contributed by atoms with Gasteiger partial charge in [0.05, 0.1) is 5.69 Å². The maximum absolute atomic E-state index is 4.16. The molecule has 0 saturated heterocycles. The molecule has 2 aromatic heterocycles. The summed E-state index contributed by atoms with van der Waals surface area (Å²) in [5, 5.41) is 7.45. The van der Waals surface area contributed by atoms with Gasteiger partial charge in [0.2, 0.25) is 0 Å². The van der Waals surface area contributed by atoms with Gasteiger partial charge in [-0.25, -0.2) is 4.98 Å². The molecule has 2 rings (SSSR count). The number of nitrogens with one attached hydrogen (secondary N) is 2. The van der Waals surface area contributed by atoms with Crippen molar-refractivity contribution in [1.82, 2.24) is 25.1 Å². The number of hydrogen-bond acceptors (Lipinski definition) is 3. The van der Waals surface area contributed by atoms with E-state index in [0.29, 0.717) is 0 Å². The summed E-state index contributed by atoms with van der Waals surface area (Å²) in [6.07, 6.45) is 6.35. The Labute approximate surface area is 88.5 Å². The van der Waals surface area contributed by atoms with Crippen LogP contribution in [0.5, 0.6) is 0 Å². The second kappa shape index (κ2) is 4.75. The first kappa shape index (κ1) is 9.92. The average Bonchev–Trinajstić information content (AvgIpc) is 2.85. The number of hydrogen-bond donors (Lipinski definition) is 2. The monoisotopic (exact) mass is 205 g/mol. The Kier molecular flexibility index (Phi) is 3.14. The molecule has 2 heterocycles. The fourth-order valence-electron chi connectivity index (χ4n) is 1.43. The summed E-state index contributed by atoms with van der Waals surface area (Å²) in [5.74, 6) is 1.02. The van der Waals surface area contributed by atoms with Gasteiger partial charge in [-0.3, -0.25) is 4.68 Å². The van der Waals surface area contributed by atoms with Crippen molar-refractivity contribution in [3.8, 4) is 0 Å². The van der Waals surface area contributed by atoms with E-state index in [4.69, 9.17) is 0 Å². The molecule has 0 aromatic carbocycles. The largest absolute Gasteiger partial charge is 0.349 e. The number of aryl methyl sites for hydroxylation is 1. The van der Waals surface area contributed by atoms with E-state index in [1.165, 1.54) is 5.69 Å². The molecular formula is C10H15N5. The molecule has 0 amide bonds. The topological polar surface area (TPSA) is 58.5 Å². The van der Waals surface area contributed by atoms with Crippen LogP contribution in [0.1, 0.15) is 11.5 Å². The Morgan fingerprint density at radius 2 is 2.40 bits per heavy atom. The molecule has 0 aliphatic heterocycles. The van der Waals surface area contributed by atoms with Crippen molar-refractivity contribution in [3.63, 3.8) is 0 Å². The fourth-order valence-corrected chi connectivity index (χ4v) is 1.43. The molecule has 0 aliphatic rings. The van der Waals surface area contributed by atoms with Gasteiger partial charge in [0.25, 0.3) is 0 Å². The third-order valence-corrected chi connectivity index (χ3v) is 2.32. The molecule has 0 fully saturated rings. The molecule has 15 heavy (non-hydrogen) atoms.